The van der Waals surface area contributed by atoms with Crippen LogP contribution in [-0.2, 0) is 6.42 Å². The normalized spacial score (nSPS) is 13.4. The first-order chi connectivity index (χ1) is 8.73. The summed E-state index contributed by atoms with van der Waals surface area (Å²) in [6.45, 7) is 2.94. The Morgan fingerprint density at radius 3 is 2.47 bits per heavy atom. The average molecular weight is 274 g/mol. The Balaban J connectivity index is 2.98. The molecule has 1 atom stereocenters. The minimum absolute atomic E-state index is 0.0279. The molecule has 19 heavy (non-hydrogen) atoms. The summed E-state index contributed by atoms with van der Waals surface area (Å²) >= 11 is 0. The highest BCUT2D eigenvalue weighted by atomic mass is 19.4. The summed E-state index contributed by atoms with van der Waals surface area (Å²) in [5.41, 5.74) is 8.42. The van der Waals surface area contributed by atoms with E-state index in [4.69, 9.17) is 5.73 Å². The Hall–Kier alpha value is -1.23. The molecule has 2 N–H and O–H groups in total. The van der Waals surface area contributed by atoms with E-state index in [0.29, 0.717) is 12.1 Å². The molecule has 5 heteroatoms. The van der Waals surface area contributed by atoms with Crippen molar-refractivity contribution in [3.8, 4) is 0 Å². The van der Waals surface area contributed by atoms with Crippen molar-refractivity contribution in [1.82, 2.24) is 0 Å². The number of benzene rings is 1. The van der Waals surface area contributed by atoms with Gasteiger partial charge < -0.3 is 10.6 Å². The summed E-state index contributed by atoms with van der Waals surface area (Å²) in [6, 6.07) is 5.44. The first-order valence-corrected chi connectivity index (χ1v) is 6.36. The second-order valence-electron chi connectivity index (χ2n) is 4.98. The van der Waals surface area contributed by atoms with Crippen molar-refractivity contribution in [1.29, 1.82) is 0 Å². The molecule has 0 spiro atoms. The van der Waals surface area contributed by atoms with Crippen molar-refractivity contribution < 1.29 is 13.2 Å². The Bertz CT molecular complexity index is 416. The molecule has 0 saturated heterocycles. The Morgan fingerprint density at radius 2 is 1.95 bits per heavy atom. The van der Waals surface area contributed by atoms with Gasteiger partial charge in [0.05, 0.1) is 0 Å². The summed E-state index contributed by atoms with van der Waals surface area (Å²) in [5, 5.41) is 0. The predicted octanol–water partition coefficient (Wildman–Crippen LogP) is 3.27. The van der Waals surface area contributed by atoms with Gasteiger partial charge in [0.25, 0.3) is 0 Å². The molecule has 0 aliphatic carbocycles. The fraction of sp³-hybridized carbons (Fsp3) is 0.571. The van der Waals surface area contributed by atoms with Gasteiger partial charge in [-0.3, -0.25) is 0 Å². The summed E-state index contributed by atoms with van der Waals surface area (Å²) < 4.78 is 37.4. The van der Waals surface area contributed by atoms with E-state index in [0.717, 1.165) is 17.5 Å². The Labute approximate surface area is 112 Å². The maximum Gasteiger partial charge on any atom is 0.405 e. The van der Waals surface area contributed by atoms with E-state index >= 15 is 0 Å². The third-order valence-electron chi connectivity index (χ3n) is 3.07. The maximum absolute atomic E-state index is 12.5. The first-order valence-electron chi connectivity index (χ1n) is 6.36. The van der Waals surface area contributed by atoms with Crippen molar-refractivity contribution in [2.45, 2.75) is 38.9 Å². The second kappa shape index (κ2) is 6.28. The van der Waals surface area contributed by atoms with Crippen LogP contribution in [0.2, 0.25) is 0 Å². The topological polar surface area (TPSA) is 29.3 Å². The SMILES string of the molecule is CCC(N)Cc1cc(C)ccc1N(C)CC(F)(F)F. The molecule has 1 unspecified atom stereocenters. The van der Waals surface area contributed by atoms with E-state index in [2.05, 4.69) is 0 Å². The van der Waals surface area contributed by atoms with E-state index in [-0.39, 0.29) is 6.04 Å². The summed E-state index contributed by atoms with van der Waals surface area (Å²) in [5.74, 6) is 0. The van der Waals surface area contributed by atoms with Gasteiger partial charge in [-0.1, -0.05) is 24.6 Å². The number of nitrogens with two attached hydrogens (primary N) is 1. The number of halogens is 3. The second-order valence-corrected chi connectivity index (χ2v) is 4.98. The summed E-state index contributed by atoms with van der Waals surface area (Å²) in [4.78, 5) is 1.23. The predicted molar refractivity (Wildman–Crippen MR) is 72.5 cm³/mol. The molecule has 1 aromatic rings. The minimum atomic E-state index is -4.20. The molecule has 2 nitrogen and oxygen atoms in total. The lowest BCUT2D eigenvalue weighted by Gasteiger charge is -2.25. The van der Waals surface area contributed by atoms with Gasteiger partial charge in [-0.25, -0.2) is 0 Å². The number of rotatable bonds is 5. The van der Waals surface area contributed by atoms with Gasteiger partial charge in [0.1, 0.15) is 6.54 Å². The molecule has 1 aromatic carbocycles. The van der Waals surface area contributed by atoms with Crippen LogP contribution in [0.25, 0.3) is 0 Å². The smallest absolute Gasteiger partial charge is 0.365 e. The molecule has 0 aromatic heterocycles. The number of aryl methyl sites for hydroxylation is 1. The van der Waals surface area contributed by atoms with Gasteiger partial charge in [-0.15, -0.1) is 0 Å². The third kappa shape index (κ3) is 5.11. The molecular weight excluding hydrogens is 253 g/mol. The van der Waals surface area contributed by atoms with Crippen LogP contribution in [0.5, 0.6) is 0 Å². The Kier molecular flexibility index (Phi) is 5.23. The zero-order valence-corrected chi connectivity index (χ0v) is 11.6. The van der Waals surface area contributed by atoms with Crippen LogP contribution < -0.4 is 10.6 Å². The van der Waals surface area contributed by atoms with Gasteiger partial charge in [-0.05, 0) is 31.4 Å². The molecule has 0 amide bonds. The molecule has 0 aliphatic rings. The average Bonchev–Trinajstić information content (AvgIpc) is 2.26. The van der Waals surface area contributed by atoms with E-state index in [1.165, 1.54) is 11.9 Å². The van der Waals surface area contributed by atoms with Crippen molar-refractivity contribution >= 4 is 5.69 Å². The van der Waals surface area contributed by atoms with Gasteiger partial charge in [0.15, 0.2) is 0 Å². The van der Waals surface area contributed by atoms with Crippen LogP contribution in [0, 0.1) is 6.92 Å². The molecule has 0 radical (unpaired) electrons. The lowest BCUT2D eigenvalue weighted by Crippen LogP contribution is -2.32. The number of hydrogen-bond donors (Lipinski definition) is 1. The van der Waals surface area contributed by atoms with Crippen molar-refractivity contribution in [3.63, 3.8) is 0 Å². The van der Waals surface area contributed by atoms with Crippen LogP contribution in [0.15, 0.2) is 18.2 Å². The molecule has 108 valence electrons. The fourth-order valence-electron chi connectivity index (χ4n) is 2.03. The lowest BCUT2D eigenvalue weighted by atomic mass is 10.00. The van der Waals surface area contributed by atoms with Gasteiger partial charge in [0.2, 0.25) is 0 Å². The zero-order valence-electron chi connectivity index (χ0n) is 11.6. The maximum atomic E-state index is 12.5. The quantitative estimate of drug-likeness (QED) is 0.893. The van der Waals surface area contributed by atoms with Gasteiger partial charge >= 0.3 is 6.18 Å². The standard InChI is InChI=1S/C14H21F3N2/c1-4-12(18)8-11-7-10(2)5-6-13(11)19(3)9-14(15,16)17/h5-7,12H,4,8-9,18H2,1-3H3. The lowest BCUT2D eigenvalue weighted by molar-refractivity contribution is -0.119. The number of alkyl halides is 3. The number of anilines is 1. The molecule has 1 rings (SSSR count). The van der Waals surface area contributed by atoms with Crippen LogP contribution in [0.4, 0.5) is 18.9 Å². The molecule has 0 saturated carbocycles. The van der Waals surface area contributed by atoms with Crippen molar-refractivity contribution in [2.24, 2.45) is 5.73 Å². The van der Waals surface area contributed by atoms with E-state index < -0.39 is 12.7 Å². The van der Waals surface area contributed by atoms with Crippen LogP contribution in [0.3, 0.4) is 0 Å². The van der Waals surface area contributed by atoms with Crippen molar-refractivity contribution in [2.75, 3.05) is 18.5 Å². The molecule has 0 fully saturated rings. The highest BCUT2D eigenvalue weighted by molar-refractivity contribution is 5.55. The van der Waals surface area contributed by atoms with E-state index in [1.807, 2.05) is 26.0 Å². The number of nitrogens with zero attached hydrogens (tertiary/aromatic N) is 1. The summed E-state index contributed by atoms with van der Waals surface area (Å²) in [7, 11) is 1.46. The third-order valence-corrected chi connectivity index (χ3v) is 3.07. The van der Waals surface area contributed by atoms with E-state index in [9.17, 15) is 13.2 Å². The van der Waals surface area contributed by atoms with Crippen LogP contribution in [0.1, 0.15) is 24.5 Å². The van der Waals surface area contributed by atoms with Gasteiger partial charge in [0, 0.05) is 18.8 Å². The van der Waals surface area contributed by atoms with Crippen LogP contribution >= 0.6 is 0 Å². The molecule has 0 bridgehead atoms. The molecular formula is C14H21F3N2. The molecule has 0 heterocycles. The van der Waals surface area contributed by atoms with Crippen molar-refractivity contribution in [3.05, 3.63) is 29.3 Å². The van der Waals surface area contributed by atoms with Crippen LogP contribution in [-0.4, -0.2) is 25.8 Å². The molecule has 0 aliphatic heterocycles. The minimum Gasteiger partial charge on any atom is -0.365 e. The summed E-state index contributed by atoms with van der Waals surface area (Å²) in [6.07, 6.45) is -2.81. The van der Waals surface area contributed by atoms with E-state index in [1.54, 1.807) is 6.07 Å². The first kappa shape index (κ1) is 15.8. The Morgan fingerprint density at radius 1 is 1.32 bits per heavy atom. The largest absolute Gasteiger partial charge is 0.405 e. The zero-order chi connectivity index (χ0) is 14.6. The fourth-order valence-corrected chi connectivity index (χ4v) is 2.03. The monoisotopic (exact) mass is 274 g/mol. The highest BCUT2D eigenvalue weighted by Crippen LogP contribution is 2.26. The highest BCUT2D eigenvalue weighted by Gasteiger charge is 2.30. The van der Waals surface area contributed by atoms with Gasteiger partial charge in [-0.2, -0.15) is 13.2 Å². The number of hydrogen-bond acceptors (Lipinski definition) is 2.